The first-order valence-electron chi connectivity index (χ1n) is 25.4. The fourth-order valence-electron chi connectivity index (χ4n) is 6.35. The van der Waals surface area contributed by atoms with E-state index in [2.05, 4.69) is 0 Å². The van der Waals surface area contributed by atoms with Crippen molar-refractivity contribution < 1.29 is 34.6 Å². The number of fused-ring (bicyclic) bond motifs is 8. The lowest BCUT2D eigenvalue weighted by molar-refractivity contribution is 0.669. The number of hydrogen-bond donors (Lipinski definition) is 0. The van der Waals surface area contributed by atoms with Gasteiger partial charge in [0.25, 0.3) is 0 Å². The summed E-state index contributed by atoms with van der Waals surface area (Å²) in [5, 5.41) is -3.13. The van der Waals surface area contributed by atoms with Crippen LogP contribution in [0, 0.1) is 0 Å². The topological polar surface area (TPSA) is 13.1 Å². The third-order valence-corrected chi connectivity index (χ3v) is 8.30. The first kappa shape index (κ1) is 12.5. The molecule has 47 heavy (non-hydrogen) atoms. The highest BCUT2D eigenvalue weighted by molar-refractivity contribution is 6.27. The molecule has 0 saturated heterocycles. The molecule has 218 valence electrons. The predicted molar refractivity (Wildman–Crippen MR) is 200 cm³/mol. The van der Waals surface area contributed by atoms with Gasteiger partial charge >= 0.3 is 0 Å². The van der Waals surface area contributed by atoms with Crippen LogP contribution in [0.5, 0.6) is 0 Å². The normalized spacial score (nSPS) is 18.4. The average molecular weight is 619 g/mol. The van der Waals surface area contributed by atoms with Gasteiger partial charge < -0.3 is 4.42 Å². The van der Waals surface area contributed by atoms with Gasteiger partial charge in [-0.3, -0.25) is 0 Å². The second kappa shape index (κ2) is 10.2. The van der Waals surface area contributed by atoms with E-state index in [-0.39, 0.29) is 55.0 Å². The van der Waals surface area contributed by atoms with Crippen molar-refractivity contribution in [2.45, 2.75) is 0 Å². The van der Waals surface area contributed by atoms with Crippen LogP contribution in [0.25, 0.3) is 98.4 Å². The lowest BCUT2D eigenvalue weighted by Crippen LogP contribution is -1.92. The highest BCUT2D eigenvalue weighted by Crippen LogP contribution is 2.48. The fourth-order valence-corrected chi connectivity index (χ4v) is 6.35. The van der Waals surface area contributed by atoms with Gasteiger partial charge in [-0.25, -0.2) is 0 Å². The second-order valence-electron chi connectivity index (χ2n) is 10.7. The zero-order valence-corrected chi connectivity index (χ0v) is 23.9. The van der Waals surface area contributed by atoms with Crippen LogP contribution in [0.2, 0.25) is 0 Å². The molecule has 10 aromatic rings. The van der Waals surface area contributed by atoms with E-state index in [0.29, 0.717) is 0 Å². The fraction of sp³-hybridized carbons (Fsp3) is 0. The molecule has 0 amide bonds. The van der Waals surface area contributed by atoms with E-state index >= 15 is 0 Å². The maximum Gasteiger partial charge on any atom is 0.136 e. The van der Waals surface area contributed by atoms with E-state index in [1.165, 1.54) is 30.3 Å². The van der Waals surface area contributed by atoms with Crippen LogP contribution < -0.4 is 0 Å². The minimum Gasteiger partial charge on any atom is -0.456 e. The molecule has 10 rings (SSSR count). The minimum atomic E-state index is -0.875. The summed E-state index contributed by atoms with van der Waals surface area (Å²) in [6.45, 7) is 0. The van der Waals surface area contributed by atoms with E-state index in [9.17, 15) is 8.22 Å². The molecule has 0 bridgehead atoms. The van der Waals surface area contributed by atoms with Crippen LogP contribution in [-0.2, 0) is 0 Å². The molecule has 1 nitrogen and oxygen atoms in total. The van der Waals surface area contributed by atoms with Crippen LogP contribution in [0.3, 0.4) is 0 Å². The predicted octanol–water partition coefficient (Wildman–Crippen LogP) is 13.2. The molecule has 1 heteroatoms. The zero-order chi connectivity index (χ0) is 50.0. The zero-order valence-electron chi connectivity index (χ0n) is 45.9. The number of rotatable bonds is 3. The SMILES string of the molecule is [2H]c1c([2H])c([2H])c(-c2ccc3oc4cccc(-c5c6c([2H])c([2H])c([2H])c([2H])c6c(-c6c([2H])c([2H])c([2H])c7c6c([2H])c([2H])c6c([2H])c([2H])c([2H])c([2H])c67)c6c([2H])c([2H])c([2H])c([2H])c56)c4c3c2)c([2H])c1[2H]. The number of furan rings is 1. The van der Waals surface area contributed by atoms with Crippen molar-refractivity contribution in [3.63, 3.8) is 0 Å². The maximum atomic E-state index is 9.56. The molecule has 0 aliphatic carbocycles. The van der Waals surface area contributed by atoms with Gasteiger partial charge in [-0.05, 0) is 94.7 Å². The Morgan fingerprint density at radius 3 is 1.77 bits per heavy atom. The van der Waals surface area contributed by atoms with Gasteiger partial charge in [-0.15, -0.1) is 0 Å². The maximum absolute atomic E-state index is 9.56. The summed E-state index contributed by atoms with van der Waals surface area (Å²) >= 11 is 0. The van der Waals surface area contributed by atoms with E-state index in [1.807, 2.05) is 0 Å². The Hall–Kier alpha value is -6.18. The van der Waals surface area contributed by atoms with Crippen molar-refractivity contribution in [3.05, 3.63) is 169 Å². The molecule has 0 aliphatic rings. The Morgan fingerprint density at radius 2 is 1.02 bits per heavy atom. The molecule has 1 heterocycles. The molecule has 0 fully saturated rings. The Kier molecular flexibility index (Phi) is 2.71. The highest BCUT2D eigenvalue weighted by Gasteiger charge is 2.21. The monoisotopic (exact) mass is 618 g/mol. The Morgan fingerprint density at radius 1 is 0.383 bits per heavy atom. The van der Waals surface area contributed by atoms with Crippen LogP contribution >= 0.6 is 0 Å². The summed E-state index contributed by atoms with van der Waals surface area (Å²) in [4.78, 5) is 0. The van der Waals surface area contributed by atoms with Crippen LogP contribution in [0.15, 0.2) is 174 Å². The molecule has 0 unspecified atom stereocenters. The molecule has 1 aromatic heterocycles. The van der Waals surface area contributed by atoms with Crippen LogP contribution in [0.1, 0.15) is 30.2 Å². The summed E-state index contributed by atoms with van der Waals surface area (Å²) in [5.41, 5.74) is -0.788. The molecule has 0 radical (unpaired) electrons. The van der Waals surface area contributed by atoms with Gasteiger partial charge in [0.1, 0.15) is 11.2 Å². The van der Waals surface area contributed by atoms with E-state index in [4.69, 9.17) is 26.3 Å². The number of benzene rings is 9. The van der Waals surface area contributed by atoms with Gasteiger partial charge in [-0.2, -0.15) is 0 Å². The van der Waals surface area contributed by atoms with E-state index in [1.54, 1.807) is 6.07 Å². The highest BCUT2D eigenvalue weighted by atomic mass is 16.3. The van der Waals surface area contributed by atoms with Crippen LogP contribution in [0.4, 0.5) is 0 Å². The third-order valence-electron chi connectivity index (χ3n) is 8.30. The standard InChI is InChI=1S/C46H28O/c1-2-12-29(13-3-1)31-25-27-42-41(28-31)46-40(22-11-23-43(46)47-42)45-38-18-8-6-16-36(38)44(37-17-7-9-19-39(37)45)35-21-10-20-33-32-15-5-4-14-30(32)24-26-34(33)35/h1-28H/i1D,2D,3D,4D,5D,6D,7D,8D,9D,10D,12D,13D,14D,15D,16D,17D,18D,19D,20D,21D,24D,26D. The average Bonchev–Trinajstić information content (AvgIpc) is 3.71. The van der Waals surface area contributed by atoms with Crippen molar-refractivity contribution in [1.29, 1.82) is 0 Å². The summed E-state index contributed by atoms with van der Waals surface area (Å²) in [6, 6.07) is -7.05. The molecule has 0 atom stereocenters. The Labute approximate surface area is 302 Å². The van der Waals surface area contributed by atoms with Crippen molar-refractivity contribution >= 4 is 65.0 Å². The van der Waals surface area contributed by atoms with Crippen molar-refractivity contribution in [2.24, 2.45) is 0 Å². The van der Waals surface area contributed by atoms with Crippen molar-refractivity contribution in [3.8, 4) is 33.4 Å². The molecule has 0 spiro atoms. The third kappa shape index (κ3) is 3.90. The first-order chi connectivity index (χ1) is 32.5. The molecule has 0 saturated carbocycles. The smallest absolute Gasteiger partial charge is 0.136 e. The molecule has 0 aliphatic heterocycles. The lowest BCUT2D eigenvalue weighted by Gasteiger charge is -2.19. The number of hydrogen-bond acceptors (Lipinski definition) is 1. The quantitative estimate of drug-likeness (QED) is 0.142. The molecular weight excluding hydrogens is 569 g/mol. The van der Waals surface area contributed by atoms with Gasteiger partial charge in [0.15, 0.2) is 0 Å². The van der Waals surface area contributed by atoms with Gasteiger partial charge in [-0.1, -0.05) is 151 Å². The Bertz CT molecular complexity index is 3990. The van der Waals surface area contributed by atoms with Crippen LogP contribution in [-0.4, -0.2) is 0 Å². The summed E-state index contributed by atoms with van der Waals surface area (Å²) in [5.74, 6) is 0. The van der Waals surface area contributed by atoms with Gasteiger partial charge in [0.05, 0.1) is 30.2 Å². The summed E-state index contributed by atoms with van der Waals surface area (Å²) in [7, 11) is 0. The first-order valence-corrected chi connectivity index (χ1v) is 14.4. The summed E-state index contributed by atoms with van der Waals surface area (Å²) < 4.78 is 203. The molecular formula is C46H28O. The molecule has 0 N–H and O–H groups in total. The minimum absolute atomic E-state index is 0.0799. The van der Waals surface area contributed by atoms with Gasteiger partial charge in [0.2, 0.25) is 0 Å². The van der Waals surface area contributed by atoms with E-state index < -0.39 is 176 Å². The van der Waals surface area contributed by atoms with Crippen molar-refractivity contribution in [1.82, 2.24) is 0 Å². The van der Waals surface area contributed by atoms with E-state index in [0.717, 1.165) is 0 Å². The second-order valence-corrected chi connectivity index (χ2v) is 10.7. The van der Waals surface area contributed by atoms with Crippen molar-refractivity contribution in [2.75, 3.05) is 0 Å². The van der Waals surface area contributed by atoms with Gasteiger partial charge in [0, 0.05) is 10.8 Å². The Balaban J connectivity index is 1.49. The lowest BCUT2D eigenvalue weighted by atomic mass is 9.83. The summed E-state index contributed by atoms with van der Waals surface area (Å²) in [6.07, 6.45) is 0. The largest absolute Gasteiger partial charge is 0.456 e. The molecule has 9 aromatic carbocycles.